The third kappa shape index (κ3) is 4.51. The van der Waals surface area contributed by atoms with Gasteiger partial charge >= 0.3 is 0 Å². The van der Waals surface area contributed by atoms with Crippen LogP contribution in [-0.4, -0.2) is 41.5 Å². The summed E-state index contributed by atoms with van der Waals surface area (Å²) < 4.78 is 8.60. The number of benzene rings is 2. The lowest BCUT2D eigenvalue weighted by atomic mass is 10.3. The fourth-order valence-corrected chi connectivity index (χ4v) is 3.64. The van der Waals surface area contributed by atoms with E-state index >= 15 is 0 Å². The molecule has 10 nitrogen and oxygen atoms in total. The number of carbonyl (C=O) groups excluding carboxylic acids is 1. The van der Waals surface area contributed by atoms with E-state index in [1.54, 1.807) is 56.3 Å². The van der Waals surface area contributed by atoms with Crippen molar-refractivity contribution in [1.82, 2.24) is 29.5 Å². The van der Waals surface area contributed by atoms with Crippen LogP contribution in [0, 0.1) is 6.92 Å². The van der Waals surface area contributed by atoms with Crippen molar-refractivity contribution in [3.8, 4) is 17.4 Å². The zero-order valence-corrected chi connectivity index (χ0v) is 19.5. The molecule has 0 fully saturated rings. The van der Waals surface area contributed by atoms with Crippen molar-refractivity contribution in [2.75, 3.05) is 5.32 Å². The summed E-state index contributed by atoms with van der Waals surface area (Å²) in [6.45, 7) is 3.41. The van der Waals surface area contributed by atoms with E-state index in [1.165, 1.54) is 15.6 Å². The number of hydrogen-bond acceptors (Lipinski definition) is 6. The van der Waals surface area contributed by atoms with Gasteiger partial charge in [-0.05, 0) is 50.2 Å². The number of fused-ring (bicyclic) bond motifs is 1. The van der Waals surface area contributed by atoms with E-state index in [9.17, 15) is 9.59 Å². The minimum absolute atomic E-state index is 0.123. The molecule has 176 valence electrons. The number of ether oxygens (including phenoxy) is 1. The van der Waals surface area contributed by atoms with Crippen LogP contribution in [0.5, 0.6) is 5.75 Å². The minimum atomic E-state index is -0.776. The number of aromatic nitrogens is 6. The molecule has 0 spiro atoms. The van der Waals surface area contributed by atoms with Crippen molar-refractivity contribution in [1.29, 1.82) is 0 Å². The third-order valence-electron chi connectivity index (χ3n) is 5.21. The Labute approximate surface area is 204 Å². The molecule has 0 saturated heterocycles. The van der Waals surface area contributed by atoms with Crippen LogP contribution in [0.25, 0.3) is 22.7 Å². The molecule has 5 aromatic rings. The maximum Gasteiger partial charge on any atom is 0.266 e. The predicted molar refractivity (Wildman–Crippen MR) is 132 cm³/mol. The molecule has 0 aliphatic heterocycles. The average molecular weight is 490 g/mol. The molecule has 0 aliphatic carbocycles. The van der Waals surface area contributed by atoms with Crippen LogP contribution in [-0.2, 0) is 4.79 Å². The third-order valence-corrected chi connectivity index (χ3v) is 5.46. The number of amides is 1. The molecule has 3 heterocycles. The van der Waals surface area contributed by atoms with Crippen LogP contribution < -0.4 is 15.6 Å². The molecule has 0 radical (unpaired) electrons. The lowest BCUT2D eigenvalue weighted by Crippen LogP contribution is -2.31. The van der Waals surface area contributed by atoms with Crippen LogP contribution in [0.2, 0.25) is 5.02 Å². The lowest BCUT2D eigenvalue weighted by molar-refractivity contribution is -0.122. The molecule has 2 aromatic carbocycles. The number of para-hydroxylation sites is 1. The van der Waals surface area contributed by atoms with E-state index in [2.05, 4.69) is 25.5 Å². The van der Waals surface area contributed by atoms with Gasteiger partial charge in [-0.25, -0.2) is 4.68 Å². The number of carbonyl (C=O) groups is 1. The van der Waals surface area contributed by atoms with Crippen molar-refractivity contribution in [2.45, 2.75) is 20.0 Å². The molecule has 1 amide bonds. The number of aryl methyl sites for hydroxylation is 1. The summed E-state index contributed by atoms with van der Waals surface area (Å²) in [5, 5.41) is 12.4. The number of H-pyrrole nitrogens is 1. The number of nitrogens with zero attached hydrogens (tertiary/aromatic N) is 5. The second-order valence-corrected chi connectivity index (χ2v) is 8.24. The molecule has 5 rings (SSSR count). The van der Waals surface area contributed by atoms with Crippen molar-refractivity contribution >= 4 is 34.4 Å². The first-order valence-corrected chi connectivity index (χ1v) is 11.1. The van der Waals surface area contributed by atoms with Gasteiger partial charge in [-0.2, -0.15) is 19.9 Å². The fraction of sp³-hybridized carbons (Fsp3) is 0.125. The number of nitrogens with one attached hydrogen (secondary N) is 2. The normalized spacial score (nSPS) is 12.0. The standard InChI is InChI=1S/C24H20ClN7O3/c1-14-12-20(27-22(33)15(2)35-18-6-4-3-5-7-18)32(30-14)24-28-21-19(23(34)29-24)13-26-31(21)17-10-8-16(25)9-11-17/h3-13,15H,1-2H3,(H,27,33)(H,28,29,34). The maximum atomic E-state index is 12.8. The van der Waals surface area contributed by atoms with Gasteiger partial charge in [0.1, 0.15) is 17.0 Å². The highest BCUT2D eigenvalue weighted by atomic mass is 35.5. The topological polar surface area (TPSA) is 120 Å². The predicted octanol–water partition coefficient (Wildman–Crippen LogP) is 3.66. The van der Waals surface area contributed by atoms with Gasteiger partial charge in [-0.1, -0.05) is 29.8 Å². The maximum absolute atomic E-state index is 12.8. The van der Waals surface area contributed by atoms with E-state index in [1.807, 2.05) is 18.2 Å². The number of aromatic amines is 1. The average Bonchev–Trinajstić information content (AvgIpc) is 3.44. The first kappa shape index (κ1) is 22.4. The molecule has 3 aromatic heterocycles. The van der Waals surface area contributed by atoms with Crippen LogP contribution >= 0.6 is 11.6 Å². The zero-order valence-electron chi connectivity index (χ0n) is 18.8. The van der Waals surface area contributed by atoms with E-state index in [4.69, 9.17) is 16.3 Å². The van der Waals surface area contributed by atoms with Gasteiger partial charge in [0.25, 0.3) is 11.5 Å². The molecule has 0 saturated carbocycles. The molecule has 2 N–H and O–H groups in total. The molecular formula is C24H20ClN7O3. The number of rotatable bonds is 6. The fourth-order valence-electron chi connectivity index (χ4n) is 3.51. The van der Waals surface area contributed by atoms with E-state index < -0.39 is 11.7 Å². The van der Waals surface area contributed by atoms with Crippen molar-refractivity contribution in [3.05, 3.63) is 87.9 Å². The van der Waals surface area contributed by atoms with Crippen LogP contribution in [0.4, 0.5) is 5.82 Å². The highest BCUT2D eigenvalue weighted by molar-refractivity contribution is 6.30. The molecule has 35 heavy (non-hydrogen) atoms. The Morgan fingerprint density at radius 1 is 1.11 bits per heavy atom. The smallest absolute Gasteiger partial charge is 0.266 e. The number of halogens is 1. The quantitative estimate of drug-likeness (QED) is 0.375. The Hall–Kier alpha value is -4.44. The van der Waals surface area contributed by atoms with Crippen LogP contribution in [0.15, 0.2) is 71.7 Å². The highest BCUT2D eigenvalue weighted by Crippen LogP contribution is 2.20. The van der Waals surface area contributed by atoms with E-state index in [0.29, 0.717) is 39.0 Å². The second kappa shape index (κ2) is 9.07. The Morgan fingerprint density at radius 3 is 2.60 bits per heavy atom. The SMILES string of the molecule is Cc1cc(NC(=O)C(C)Oc2ccccc2)n(-c2nc3c(cnn3-c3ccc(Cl)cc3)c(=O)[nH]2)n1. The van der Waals surface area contributed by atoms with Gasteiger partial charge in [0.05, 0.1) is 17.6 Å². The van der Waals surface area contributed by atoms with Crippen LogP contribution in [0.3, 0.4) is 0 Å². The van der Waals surface area contributed by atoms with Gasteiger partial charge in [-0.3, -0.25) is 14.6 Å². The van der Waals surface area contributed by atoms with Gasteiger partial charge in [0, 0.05) is 11.1 Å². The zero-order chi connectivity index (χ0) is 24.5. The van der Waals surface area contributed by atoms with Crippen molar-refractivity contribution in [3.63, 3.8) is 0 Å². The molecule has 0 bridgehead atoms. The lowest BCUT2D eigenvalue weighted by Gasteiger charge is -2.15. The summed E-state index contributed by atoms with van der Waals surface area (Å²) in [6.07, 6.45) is 0.668. The van der Waals surface area contributed by atoms with Crippen molar-refractivity contribution < 1.29 is 9.53 Å². The largest absolute Gasteiger partial charge is 0.481 e. The van der Waals surface area contributed by atoms with Gasteiger partial charge in [0.2, 0.25) is 5.95 Å². The summed E-state index contributed by atoms with van der Waals surface area (Å²) in [5.74, 6) is 0.644. The van der Waals surface area contributed by atoms with E-state index in [-0.39, 0.29) is 11.9 Å². The Bertz CT molecular complexity index is 1570. The van der Waals surface area contributed by atoms with Gasteiger partial charge in [-0.15, -0.1) is 0 Å². The number of hydrogen-bond donors (Lipinski definition) is 2. The summed E-state index contributed by atoms with van der Waals surface area (Å²) in [4.78, 5) is 32.9. The summed E-state index contributed by atoms with van der Waals surface area (Å²) >= 11 is 6.00. The molecular weight excluding hydrogens is 470 g/mol. The Morgan fingerprint density at radius 2 is 1.86 bits per heavy atom. The highest BCUT2D eigenvalue weighted by Gasteiger charge is 2.20. The summed E-state index contributed by atoms with van der Waals surface area (Å²) in [5.41, 5.74) is 1.24. The Kier molecular flexibility index (Phi) is 5.79. The second-order valence-electron chi connectivity index (χ2n) is 7.80. The van der Waals surface area contributed by atoms with Gasteiger partial charge in [0.15, 0.2) is 11.8 Å². The number of anilines is 1. The molecule has 1 unspecified atom stereocenters. The monoisotopic (exact) mass is 489 g/mol. The minimum Gasteiger partial charge on any atom is -0.481 e. The van der Waals surface area contributed by atoms with Crippen LogP contribution in [0.1, 0.15) is 12.6 Å². The Balaban J connectivity index is 1.49. The molecule has 0 aliphatic rings. The van der Waals surface area contributed by atoms with Crippen molar-refractivity contribution in [2.24, 2.45) is 0 Å². The first-order valence-electron chi connectivity index (χ1n) is 10.7. The molecule has 11 heteroatoms. The first-order chi connectivity index (χ1) is 16.9. The summed E-state index contributed by atoms with van der Waals surface area (Å²) in [6, 6.07) is 17.7. The van der Waals surface area contributed by atoms with Gasteiger partial charge < -0.3 is 10.1 Å². The summed E-state index contributed by atoms with van der Waals surface area (Å²) in [7, 11) is 0. The molecule has 1 atom stereocenters. The van der Waals surface area contributed by atoms with E-state index in [0.717, 1.165) is 0 Å².